The summed E-state index contributed by atoms with van der Waals surface area (Å²) >= 11 is 0. The van der Waals surface area contributed by atoms with Crippen molar-refractivity contribution >= 4 is 0 Å². The molecule has 0 saturated carbocycles. The van der Waals surface area contributed by atoms with Crippen LogP contribution in [0.4, 0.5) is 0 Å². The van der Waals surface area contributed by atoms with Gasteiger partial charge in [0.1, 0.15) is 30.8 Å². The Kier molecular flexibility index (Phi) is 5.88. The summed E-state index contributed by atoms with van der Waals surface area (Å²) in [5.41, 5.74) is 2.19. The summed E-state index contributed by atoms with van der Waals surface area (Å²) in [4.78, 5) is 0. The number of hydrogen-bond acceptors (Lipinski definition) is 4. The fourth-order valence-electron chi connectivity index (χ4n) is 2.50. The minimum Gasteiger partial charge on any atom is -0.490 e. The third kappa shape index (κ3) is 4.85. The van der Waals surface area contributed by atoms with Crippen molar-refractivity contribution in [3.63, 3.8) is 0 Å². The standard InChI is InChI=1S/C20H22O4/c21-19-11-18(23-13-17-9-5-2-6-10-17)14-24-20(19)15-22-12-16-7-3-1-4-8-16/h1-10,14,19-21H,11-13,15H2/t19-,20?/m0/s1. The van der Waals surface area contributed by atoms with Crippen molar-refractivity contribution in [2.75, 3.05) is 6.61 Å². The summed E-state index contributed by atoms with van der Waals surface area (Å²) in [7, 11) is 0. The third-order valence-corrected chi connectivity index (χ3v) is 3.87. The predicted molar refractivity (Wildman–Crippen MR) is 90.9 cm³/mol. The molecule has 24 heavy (non-hydrogen) atoms. The van der Waals surface area contributed by atoms with Crippen molar-refractivity contribution in [2.24, 2.45) is 0 Å². The molecule has 1 aliphatic heterocycles. The Bertz CT molecular complexity index is 639. The van der Waals surface area contributed by atoms with Gasteiger partial charge in [-0.2, -0.15) is 0 Å². The van der Waals surface area contributed by atoms with Crippen LogP contribution >= 0.6 is 0 Å². The first-order valence-electron chi connectivity index (χ1n) is 8.12. The van der Waals surface area contributed by atoms with Gasteiger partial charge in [0.15, 0.2) is 0 Å². The van der Waals surface area contributed by atoms with Crippen molar-refractivity contribution in [3.8, 4) is 0 Å². The lowest BCUT2D eigenvalue weighted by Crippen LogP contribution is -2.35. The van der Waals surface area contributed by atoms with Gasteiger partial charge in [0, 0.05) is 6.42 Å². The Balaban J connectivity index is 1.42. The molecule has 0 radical (unpaired) electrons. The molecule has 0 spiro atoms. The summed E-state index contributed by atoms with van der Waals surface area (Å²) in [6.07, 6.45) is 1.03. The molecule has 2 atom stereocenters. The Hall–Kier alpha value is -2.30. The lowest BCUT2D eigenvalue weighted by atomic mass is 10.1. The topological polar surface area (TPSA) is 47.9 Å². The second kappa shape index (κ2) is 8.52. The minimum atomic E-state index is -0.628. The number of ether oxygens (including phenoxy) is 3. The van der Waals surface area contributed by atoms with E-state index in [4.69, 9.17) is 14.2 Å². The smallest absolute Gasteiger partial charge is 0.147 e. The van der Waals surface area contributed by atoms with Gasteiger partial charge in [0.25, 0.3) is 0 Å². The van der Waals surface area contributed by atoms with E-state index in [0.29, 0.717) is 32.0 Å². The molecule has 1 heterocycles. The van der Waals surface area contributed by atoms with Crippen LogP contribution in [-0.2, 0) is 27.4 Å². The molecule has 2 aromatic rings. The van der Waals surface area contributed by atoms with E-state index in [2.05, 4.69) is 0 Å². The molecule has 0 fully saturated rings. The van der Waals surface area contributed by atoms with Crippen molar-refractivity contribution < 1.29 is 19.3 Å². The molecule has 0 bridgehead atoms. The summed E-state index contributed by atoms with van der Waals surface area (Å²) in [5.74, 6) is 0.658. The van der Waals surface area contributed by atoms with Gasteiger partial charge >= 0.3 is 0 Å². The van der Waals surface area contributed by atoms with Crippen LogP contribution in [0.1, 0.15) is 17.5 Å². The molecule has 1 N–H and O–H groups in total. The van der Waals surface area contributed by atoms with Gasteiger partial charge in [-0.3, -0.25) is 0 Å². The van der Waals surface area contributed by atoms with E-state index in [9.17, 15) is 5.11 Å². The van der Waals surface area contributed by atoms with Crippen LogP contribution in [0.2, 0.25) is 0 Å². The first-order chi connectivity index (χ1) is 11.8. The van der Waals surface area contributed by atoms with Crippen LogP contribution in [0.15, 0.2) is 72.7 Å². The molecule has 2 aromatic carbocycles. The molecule has 4 heteroatoms. The Morgan fingerprint density at radius 1 is 0.917 bits per heavy atom. The maximum Gasteiger partial charge on any atom is 0.147 e. The van der Waals surface area contributed by atoms with Gasteiger partial charge in [0.05, 0.1) is 13.2 Å². The zero-order chi connectivity index (χ0) is 16.6. The van der Waals surface area contributed by atoms with E-state index >= 15 is 0 Å². The first-order valence-corrected chi connectivity index (χ1v) is 8.12. The zero-order valence-electron chi connectivity index (χ0n) is 13.5. The fourth-order valence-corrected chi connectivity index (χ4v) is 2.50. The van der Waals surface area contributed by atoms with E-state index in [1.807, 2.05) is 60.7 Å². The zero-order valence-corrected chi connectivity index (χ0v) is 13.5. The highest BCUT2D eigenvalue weighted by Crippen LogP contribution is 2.21. The highest BCUT2D eigenvalue weighted by Gasteiger charge is 2.26. The number of hydrogen-bond donors (Lipinski definition) is 1. The number of aliphatic hydroxyl groups excluding tert-OH is 1. The monoisotopic (exact) mass is 326 g/mol. The van der Waals surface area contributed by atoms with Gasteiger partial charge in [-0.1, -0.05) is 60.7 Å². The molecule has 1 unspecified atom stereocenters. The van der Waals surface area contributed by atoms with Gasteiger partial charge in [-0.15, -0.1) is 0 Å². The molecular formula is C20H22O4. The Morgan fingerprint density at radius 3 is 2.17 bits per heavy atom. The lowest BCUT2D eigenvalue weighted by molar-refractivity contribution is -0.0702. The average Bonchev–Trinajstić information content (AvgIpc) is 2.63. The fraction of sp³-hybridized carbons (Fsp3) is 0.300. The van der Waals surface area contributed by atoms with E-state index in [-0.39, 0.29) is 6.10 Å². The van der Waals surface area contributed by atoms with Crippen LogP contribution in [0.25, 0.3) is 0 Å². The van der Waals surface area contributed by atoms with Gasteiger partial charge in [-0.25, -0.2) is 0 Å². The van der Waals surface area contributed by atoms with Gasteiger partial charge in [-0.05, 0) is 11.1 Å². The van der Waals surface area contributed by atoms with Crippen molar-refractivity contribution in [3.05, 3.63) is 83.8 Å². The molecular weight excluding hydrogens is 304 g/mol. The molecule has 4 nitrogen and oxygen atoms in total. The molecule has 0 aliphatic carbocycles. The Morgan fingerprint density at radius 2 is 1.54 bits per heavy atom. The average molecular weight is 326 g/mol. The maximum atomic E-state index is 10.2. The summed E-state index contributed by atoms with van der Waals surface area (Å²) < 4.78 is 16.9. The predicted octanol–water partition coefficient (Wildman–Crippen LogP) is 3.41. The second-order valence-corrected chi connectivity index (χ2v) is 5.81. The van der Waals surface area contributed by atoms with Crippen molar-refractivity contribution in [1.82, 2.24) is 0 Å². The molecule has 0 amide bonds. The molecule has 0 aromatic heterocycles. The number of rotatable bonds is 7. The maximum absolute atomic E-state index is 10.2. The molecule has 3 rings (SSSR count). The molecule has 126 valence electrons. The van der Waals surface area contributed by atoms with Gasteiger partial charge < -0.3 is 19.3 Å². The highest BCUT2D eigenvalue weighted by molar-refractivity contribution is 5.14. The van der Waals surface area contributed by atoms with E-state index in [0.717, 1.165) is 11.1 Å². The first kappa shape index (κ1) is 16.6. The van der Waals surface area contributed by atoms with Crippen molar-refractivity contribution in [2.45, 2.75) is 31.8 Å². The lowest BCUT2D eigenvalue weighted by Gasteiger charge is -2.28. The van der Waals surface area contributed by atoms with Crippen LogP contribution in [-0.4, -0.2) is 23.9 Å². The van der Waals surface area contributed by atoms with Crippen LogP contribution in [0, 0.1) is 0 Å². The highest BCUT2D eigenvalue weighted by atomic mass is 16.6. The summed E-state index contributed by atoms with van der Waals surface area (Å²) in [6.45, 7) is 1.32. The van der Waals surface area contributed by atoms with Gasteiger partial charge in [0.2, 0.25) is 0 Å². The second-order valence-electron chi connectivity index (χ2n) is 5.81. The van der Waals surface area contributed by atoms with Crippen molar-refractivity contribution in [1.29, 1.82) is 0 Å². The minimum absolute atomic E-state index is 0.346. The summed E-state index contributed by atoms with van der Waals surface area (Å²) in [6, 6.07) is 19.9. The number of aliphatic hydroxyl groups is 1. The largest absolute Gasteiger partial charge is 0.490 e. The van der Waals surface area contributed by atoms with E-state index < -0.39 is 6.10 Å². The molecule has 0 saturated heterocycles. The summed E-state index contributed by atoms with van der Waals surface area (Å²) in [5, 5.41) is 10.2. The SMILES string of the molecule is O[C@H]1CC(OCc2ccccc2)=COC1COCc1ccccc1. The van der Waals surface area contributed by atoms with E-state index in [1.165, 1.54) is 0 Å². The van der Waals surface area contributed by atoms with E-state index in [1.54, 1.807) is 6.26 Å². The van der Waals surface area contributed by atoms with Crippen LogP contribution in [0.5, 0.6) is 0 Å². The number of benzene rings is 2. The van der Waals surface area contributed by atoms with Crippen LogP contribution in [0.3, 0.4) is 0 Å². The Labute approximate surface area is 142 Å². The quantitative estimate of drug-likeness (QED) is 0.847. The third-order valence-electron chi connectivity index (χ3n) is 3.87. The van der Waals surface area contributed by atoms with Crippen LogP contribution < -0.4 is 0 Å². The normalized spacial score (nSPS) is 20.1. The molecule has 1 aliphatic rings.